The monoisotopic (exact) mass is 350 g/mol. The summed E-state index contributed by atoms with van der Waals surface area (Å²) in [6.45, 7) is 8.87. The highest BCUT2D eigenvalue weighted by Crippen LogP contribution is 2.63. The van der Waals surface area contributed by atoms with Crippen LogP contribution in [0, 0.1) is 17.3 Å². The van der Waals surface area contributed by atoms with E-state index in [0.717, 1.165) is 18.8 Å². The lowest BCUT2D eigenvalue weighted by molar-refractivity contribution is -0.163. The second-order valence-corrected chi connectivity index (χ2v) is 7.97. The summed E-state index contributed by atoms with van der Waals surface area (Å²) in [7, 11) is 0. The van der Waals surface area contributed by atoms with Gasteiger partial charge in [-0.25, -0.2) is 0 Å². The van der Waals surface area contributed by atoms with Crippen LogP contribution in [0.15, 0.2) is 0 Å². The Morgan fingerprint density at radius 1 is 1.41 bits per heavy atom. The van der Waals surface area contributed by atoms with Crippen LogP contribution in [0.2, 0.25) is 0 Å². The molecule has 0 aliphatic heterocycles. The molecule has 2 bridgehead atoms. The Bertz CT molecular complexity index is 326. The molecule has 0 amide bonds. The van der Waals surface area contributed by atoms with Gasteiger partial charge < -0.3 is 4.74 Å². The van der Waals surface area contributed by atoms with Crippen molar-refractivity contribution < 1.29 is 9.53 Å². The van der Waals surface area contributed by atoms with Crippen molar-refractivity contribution >= 4 is 28.6 Å². The molecule has 2 fully saturated rings. The molecule has 4 atom stereocenters. The third kappa shape index (κ3) is 2.13. The lowest BCUT2D eigenvalue weighted by atomic mass is 9.79. The highest BCUT2D eigenvalue weighted by atomic mass is 127. The smallest absolute Gasteiger partial charge is 0.319 e. The third-order valence-corrected chi connectivity index (χ3v) is 6.48. The Morgan fingerprint density at radius 3 is 2.47 bits per heavy atom. The topological polar surface area (TPSA) is 26.3 Å². The minimum atomic E-state index is -0.206. The number of hydrogen-bond donors (Lipinski definition) is 0. The standard InChI is InChI=1S/C14H23IO2/c1-5-10(15)12(16)17-14(4)8-9-6-7-11(14)13(9,2)3/h9-11H,5-8H2,1-4H3. The summed E-state index contributed by atoms with van der Waals surface area (Å²) in [6, 6.07) is 0. The van der Waals surface area contributed by atoms with E-state index in [1.54, 1.807) is 0 Å². The van der Waals surface area contributed by atoms with Gasteiger partial charge in [-0.1, -0.05) is 43.4 Å². The van der Waals surface area contributed by atoms with E-state index in [4.69, 9.17) is 4.74 Å². The Kier molecular flexibility index (Phi) is 3.52. The third-order valence-electron chi connectivity index (χ3n) is 5.09. The van der Waals surface area contributed by atoms with Crippen LogP contribution >= 0.6 is 22.6 Å². The van der Waals surface area contributed by atoms with Gasteiger partial charge in [-0.05, 0) is 43.9 Å². The molecule has 4 unspecified atom stereocenters. The Labute approximate surface area is 118 Å². The Hall–Kier alpha value is 0.200. The first-order valence-corrected chi connectivity index (χ1v) is 7.92. The van der Waals surface area contributed by atoms with Crippen molar-refractivity contribution in [1.29, 1.82) is 0 Å². The maximum absolute atomic E-state index is 12.0. The molecule has 0 N–H and O–H groups in total. The van der Waals surface area contributed by atoms with Gasteiger partial charge in [-0.15, -0.1) is 0 Å². The molecule has 17 heavy (non-hydrogen) atoms. The quantitative estimate of drug-likeness (QED) is 0.438. The molecule has 0 heterocycles. The van der Waals surface area contributed by atoms with E-state index in [9.17, 15) is 4.79 Å². The van der Waals surface area contributed by atoms with Gasteiger partial charge in [0.25, 0.3) is 0 Å². The largest absolute Gasteiger partial charge is 0.458 e. The van der Waals surface area contributed by atoms with E-state index in [2.05, 4.69) is 43.4 Å². The van der Waals surface area contributed by atoms with Gasteiger partial charge >= 0.3 is 5.97 Å². The molecule has 2 aliphatic rings. The van der Waals surface area contributed by atoms with Gasteiger partial charge in [-0.3, -0.25) is 4.79 Å². The van der Waals surface area contributed by atoms with Gasteiger partial charge in [0.1, 0.15) is 9.53 Å². The van der Waals surface area contributed by atoms with Crippen molar-refractivity contribution in [3.05, 3.63) is 0 Å². The van der Waals surface area contributed by atoms with Crippen LogP contribution in [0.4, 0.5) is 0 Å². The van der Waals surface area contributed by atoms with Crippen LogP contribution in [0.3, 0.4) is 0 Å². The number of ether oxygens (including phenoxy) is 1. The first-order chi connectivity index (χ1) is 7.81. The zero-order valence-corrected chi connectivity index (χ0v) is 13.4. The summed E-state index contributed by atoms with van der Waals surface area (Å²) >= 11 is 2.19. The molecule has 2 aliphatic carbocycles. The molecule has 0 aromatic rings. The van der Waals surface area contributed by atoms with Crippen molar-refractivity contribution in [2.75, 3.05) is 0 Å². The average molecular weight is 350 g/mol. The molecule has 0 aromatic carbocycles. The van der Waals surface area contributed by atoms with Crippen LogP contribution in [-0.4, -0.2) is 15.5 Å². The van der Waals surface area contributed by atoms with Crippen molar-refractivity contribution in [2.45, 2.75) is 62.9 Å². The van der Waals surface area contributed by atoms with Crippen LogP contribution in [0.1, 0.15) is 53.4 Å². The zero-order valence-electron chi connectivity index (χ0n) is 11.3. The zero-order chi connectivity index (χ0) is 12.8. The number of esters is 1. The van der Waals surface area contributed by atoms with Gasteiger partial charge in [0.2, 0.25) is 0 Å². The Balaban J connectivity index is 2.10. The van der Waals surface area contributed by atoms with E-state index in [1.165, 1.54) is 12.8 Å². The summed E-state index contributed by atoms with van der Waals surface area (Å²) < 4.78 is 5.88. The minimum Gasteiger partial charge on any atom is -0.458 e. The fourth-order valence-corrected chi connectivity index (χ4v) is 4.19. The maximum atomic E-state index is 12.0. The van der Waals surface area contributed by atoms with Crippen molar-refractivity contribution in [1.82, 2.24) is 0 Å². The van der Waals surface area contributed by atoms with Crippen LogP contribution < -0.4 is 0 Å². The van der Waals surface area contributed by atoms with Gasteiger partial charge in [0, 0.05) is 5.92 Å². The molecule has 0 radical (unpaired) electrons. The molecular weight excluding hydrogens is 327 g/mol. The molecule has 98 valence electrons. The van der Waals surface area contributed by atoms with Crippen LogP contribution in [0.5, 0.6) is 0 Å². The second kappa shape index (κ2) is 4.39. The van der Waals surface area contributed by atoms with Crippen molar-refractivity contribution in [3.63, 3.8) is 0 Å². The number of rotatable bonds is 3. The van der Waals surface area contributed by atoms with Gasteiger partial charge in [0.15, 0.2) is 0 Å². The van der Waals surface area contributed by atoms with E-state index < -0.39 is 0 Å². The number of alkyl halides is 1. The lowest BCUT2D eigenvalue weighted by Crippen LogP contribution is -2.41. The normalized spacial score (nSPS) is 40.3. The van der Waals surface area contributed by atoms with Crippen molar-refractivity contribution in [2.24, 2.45) is 17.3 Å². The summed E-state index contributed by atoms with van der Waals surface area (Å²) in [4.78, 5) is 12.0. The maximum Gasteiger partial charge on any atom is 0.319 e. The fourth-order valence-electron chi connectivity index (χ4n) is 4.06. The summed E-state index contributed by atoms with van der Waals surface area (Å²) in [5.41, 5.74) is 0.143. The molecule has 2 nitrogen and oxygen atoms in total. The van der Waals surface area contributed by atoms with Gasteiger partial charge in [-0.2, -0.15) is 0 Å². The molecule has 0 spiro atoms. The first kappa shape index (κ1) is 13.6. The highest BCUT2D eigenvalue weighted by molar-refractivity contribution is 14.1. The number of fused-ring (bicyclic) bond motifs is 2. The van der Waals surface area contributed by atoms with Crippen LogP contribution in [0.25, 0.3) is 0 Å². The van der Waals surface area contributed by atoms with E-state index in [-0.39, 0.29) is 15.5 Å². The SMILES string of the molecule is CCC(I)C(=O)OC1(C)CC2CCC1C2(C)C. The highest BCUT2D eigenvalue weighted by Gasteiger charge is 2.61. The molecule has 3 heteroatoms. The molecule has 2 rings (SSSR count). The molecule has 0 aromatic heterocycles. The lowest BCUT2D eigenvalue weighted by Gasteiger charge is -2.36. The number of carbonyl (C=O) groups excluding carboxylic acids is 1. The van der Waals surface area contributed by atoms with Crippen molar-refractivity contribution in [3.8, 4) is 0 Å². The minimum absolute atomic E-state index is 0.00617. The van der Waals surface area contributed by atoms with Gasteiger partial charge in [0.05, 0.1) is 0 Å². The predicted octanol–water partition coefficient (Wildman–Crippen LogP) is 3.96. The number of halogens is 1. The fraction of sp³-hybridized carbons (Fsp3) is 0.929. The summed E-state index contributed by atoms with van der Waals surface area (Å²) in [5.74, 6) is 1.27. The summed E-state index contributed by atoms with van der Waals surface area (Å²) in [5, 5.41) is 0. The Morgan fingerprint density at radius 2 is 2.06 bits per heavy atom. The molecule has 0 saturated heterocycles. The van der Waals surface area contributed by atoms with Crippen LogP contribution in [-0.2, 0) is 9.53 Å². The predicted molar refractivity (Wildman–Crippen MR) is 77.2 cm³/mol. The first-order valence-electron chi connectivity index (χ1n) is 6.68. The molecule has 2 saturated carbocycles. The number of hydrogen-bond acceptors (Lipinski definition) is 2. The second-order valence-electron chi connectivity index (χ2n) is 6.46. The summed E-state index contributed by atoms with van der Waals surface area (Å²) in [6.07, 6.45) is 4.45. The number of carbonyl (C=O) groups is 1. The molecular formula is C14H23IO2. The van der Waals surface area contributed by atoms with E-state index >= 15 is 0 Å². The van der Waals surface area contributed by atoms with E-state index in [0.29, 0.717) is 11.3 Å². The average Bonchev–Trinajstić information content (AvgIpc) is 2.62. The van der Waals surface area contributed by atoms with E-state index in [1.807, 2.05) is 6.92 Å².